The standard InChI is InChI=1S/C44H28N2/c1-2-11-30-24-32(21-20-29(30)10-1)31-13-9-14-34(25-31)43-37-15-4-6-17-39(37)44(40-18-7-5-16-38(40)43)35-22-23-42(45-27-35)36-26-33-12-3-8-19-41(33)46-28-36/h1-28H. The highest BCUT2D eigenvalue weighted by atomic mass is 14.7. The van der Waals surface area contributed by atoms with Gasteiger partial charge in [-0.15, -0.1) is 0 Å². The highest BCUT2D eigenvalue weighted by Gasteiger charge is 2.17. The van der Waals surface area contributed by atoms with E-state index in [1.54, 1.807) is 0 Å². The predicted molar refractivity (Wildman–Crippen MR) is 194 cm³/mol. The van der Waals surface area contributed by atoms with Gasteiger partial charge in [-0.05, 0) is 90.5 Å². The third kappa shape index (κ3) is 4.43. The van der Waals surface area contributed by atoms with Gasteiger partial charge < -0.3 is 0 Å². The Balaban J connectivity index is 1.20. The summed E-state index contributed by atoms with van der Waals surface area (Å²) in [6, 6.07) is 56.5. The first-order chi connectivity index (χ1) is 22.8. The number of hydrogen-bond acceptors (Lipinski definition) is 2. The van der Waals surface area contributed by atoms with Gasteiger partial charge in [-0.1, -0.05) is 127 Å². The van der Waals surface area contributed by atoms with Crippen molar-refractivity contribution in [2.45, 2.75) is 0 Å². The van der Waals surface area contributed by atoms with Gasteiger partial charge in [0.1, 0.15) is 0 Å². The lowest BCUT2D eigenvalue weighted by Gasteiger charge is -2.18. The summed E-state index contributed by atoms with van der Waals surface area (Å²) in [4.78, 5) is 9.61. The monoisotopic (exact) mass is 584 g/mol. The fourth-order valence-electron chi connectivity index (χ4n) is 6.90. The largest absolute Gasteiger partial charge is 0.256 e. The zero-order chi connectivity index (χ0) is 30.5. The summed E-state index contributed by atoms with van der Waals surface area (Å²) < 4.78 is 0. The lowest BCUT2D eigenvalue weighted by Crippen LogP contribution is -1.92. The van der Waals surface area contributed by atoms with Crippen LogP contribution in [0.25, 0.3) is 87.9 Å². The summed E-state index contributed by atoms with van der Waals surface area (Å²) in [7, 11) is 0. The van der Waals surface area contributed by atoms with Crippen LogP contribution in [0.1, 0.15) is 0 Å². The maximum absolute atomic E-state index is 4.95. The number of nitrogens with zero attached hydrogens (tertiary/aromatic N) is 2. The number of fused-ring (bicyclic) bond motifs is 4. The van der Waals surface area contributed by atoms with E-state index in [-0.39, 0.29) is 0 Å². The molecule has 2 nitrogen and oxygen atoms in total. The molecular weight excluding hydrogens is 556 g/mol. The Kier molecular flexibility index (Phi) is 6.17. The van der Waals surface area contributed by atoms with E-state index in [0.717, 1.165) is 27.7 Å². The van der Waals surface area contributed by atoms with Gasteiger partial charge >= 0.3 is 0 Å². The maximum atomic E-state index is 4.95. The summed E-state index contributed by atoms with van der Waals surface area (Å²) >= 11 is 0. The first-order valence-electron chi connectivity index (χ1n) is 15.6. The summed E-state index contributed by atoms with van der Waals surface area (Å²) in [6.07, 6.45) is 3.93. The Labute approximate surface area is 267 Å². The van der Waals surface area contributed by atoms with Gasteiger partial charge in [0.15, 0.2) is 0 Å². The van der Waals surface area contributed by atoms with E-state index in [4.69, 9.17) is 4.98 Å². The van der Waals surface area contributed by atoms with Gasteiger partial charge in [-0.3, -0.25) is 9.97 Å². The van der Waals surface area contributed by atoms with E-state index in [2.05, 4.69) is 145 Å². The molecule has 0 bridgehead atoms. The molecule has 0 aliphatic carbocycles. The van der Waals surface area contributed by atoms with Crippen LogP contribution < -0.4 is 0 Å². The first kappa shape index (κ1) is 26.3. The zero-order valence-electron chi connectivity index (χ0n) is 25.1. The molecule has 0 radical (unpaired) electrons. The van der Waals surface area contributed by atoms with E-state index in [1.165, 1.54) is 60.1 Å². The molecule has 2 heterocycles. The van der Waals surface area contributed by atoms with Gasteiger partial charge in [0.2, 0.25) is 0 Å². The number of aromatic nitrogens is 2. The molecule has 0 N–H and O–H groups in total. The fourth-order valence-corrected chi connectivity index (χ4v) is 6.90. The number of pyridine rings is 2. The molecule has 9 aromatic rings. The second kappa shape index (κ2) is 10.8. The molecule has 0 aliphatic heterocycles. The predicted octanol–water partition coefficient (Wildman–Crippen LogP) is 11.8. The van der Waals surface area contributed by atoms with Crippen LogP contribution in [0.4, 0.5) is 0 Å². The number of benzene rings is 7. The van der Waals surface area contributed by atoms with E-state index in [9.17, 15) is 0 Å². The molecule has 2 aromatic heterocycles. The molecule has 0 saturated carbocycles. The molecule has 7 aromatic carbocycles. The molecule has 0 amide bonds. The van der Waals surface area contributed by atoms with Crippen molar-refractivity contribution in [1.29, 1.82) is 0 Å². The smallest absolute Gasteiger partial charge is 0.0718 e. The molecular formula is C44H28N2. The quantitative estimate of drug-likeness (QED) is 0.192. The van der Waals surface area contributed by atoms with E-state index in [1.807, 2.05) is 30.6 Å². The molecule has 214 valence electrons. The molecule has 46 heavy (non-hydrogen) atoms. The van der Waals surface area contributed by atoms with Crippen LogP contribution in [-0.4, -0.2) is 9.97 Å². The van der Waals surface area contributed by atoms with E-state index in [0.29, 0.717) is 0 Å². The molecule has 2 heteroatoms. The van der Waals surface area contributed by atoms with Gasteiger partial charge in [0.05, 0.1) is 11.2 Å². The van der Waals surface area contributed by atoms with Crippen LogP contribution >= 0.6 is 0 Å². The second-order valence-corrected chi connectivity index (χ2v) is 11.8. The number of hydrogen-bond donors (Lipinski definition) is 0. The van der Waals surface area contributed by atoms with Gasteiger partial charge in [0, 0.05) is 28.9 Å². The van der Waals surface area contributed by atoms with Crippen LogP contribution in [0.5, 0.6) is 0 Å². The Morgan fingerprint density at radius 1 is 0.304 bits per heavy atom. The van der Waals surface area contributed by atoms with Crippen molar-refractivity contribution in [2.24, 2.45) is 0 Å². The van der Waals surface area contributed by atoms with E-state index < -0.39 is 0 Å². The van der Waals surface area contributed by atoms with Gasteiger partial charge in [-0.2, -0.15) is 0 Å². The Bertz CT molecular complexity index is 2520. The average Bonchev–Trinajstić information content (AvgIpc) is 3.13. The van der Waals surface area contributed by atoms with Crippen molar-refractivity contribution in [1.82, 2.24) is 9.97 Å². The van der Waals surface area contributed by atoms with Gasteiger partial charge in [0.25, 0.3) is 0 Å². The first-order valence-corrected chi connectivity index (χ1v) is 15.6. The molecule has 0 fully saturated rings. The van der Waals surface area contributed by atoms with Crippen LogP contribution in [0.15, 0.2) is 170 Å². The topological polar surface area (TPSA) is 25.8 Å². The zero-order valence-corrected chi connectivity index (χ0v) is 25.1. The third-order valence-electron chi connectivity index (χ3n) is 9.10. The summed E-state index contributed by atoms with van der Waals surface area (Å²) in [5.41, 5.74) is 10.1. The van der Waals surface area contributed by atoms with E-state index >= 15 is 0 Å². The van der Waals surface area contributed by atoms with Crippen molar-refractivity contribution in [3.63, 3.8) is 0 Å². The minimum absolute atomic E-state index is 0.915. The summed E-state index contributed by atoms with van der Waals surface area (Å²) in [5.74, 6) is 0. The SMILES string of the molecule is c1cc(-c2ccc3ccccc3c2)cc(-c2c3ccccc3c(-c3ccc(-c4cnc5ccccc5c4)nc3)c3ccccc23)c1. The normalized spacial score (nSPS) is 11.5. The second-order valence-electron chi connectivity index (χ2n) is 11.8. The van der Waals surface area contributed by atoms with Crippen molar-refractivity contribution in [3.8, 4) is 44.6 Å². The molecule has 0 unspecified atom stereocenters. The Morgan fingerprint density at radius 2 is 0.848 bits per heavy atom. The molecule has 9 rings (SSSR count). The van der Waals surface area contributed by atoms with Crippen molar-refractivity contribution < 1.29 is 0 Å². The molecule has 0 aliphatic rings. The summed E-state index contributed by atoms with van der Waals surface area (Å²) in [5, 5.41) is 8.52. The van der Waals surface area contributed by atoms with Crippen molar-refractivity contribution in [3.05, 3.63) is 170 Å². The van der Waals surface area contributed by atoms with Crippen molar-refractivity contribution >= 4 is 43.2 Å². The molecule has 0 saturated heterocycles. The molecule has 0 spiro atoms. The minimum Gasteiger partial charge on any atom is -0.256 e. The fraction of sp³-hybridized carbons (Fsp3) is 0. The van der Waals surface area contributed by atoms with Crippen LogP contribution in [0.3, 0.4) is 0 Å². The Morgan fingerprint density at radius 3 is 1.57 bits per heavy atom. The lowest BCUT2D eigenvalue weighted by atomic mass is 9.85. The highest BCUT2D eigenvalue weighted by Crippen LogP contribution is 2.44. The van der Waals surface area contributed by atoms with Crippen LogP contribution in [-0.2, 0) is 0 Å². The van der Waals surface area contributed by atoms with Crippen molar-refractivity contribution in [2.75, 3.05) is 0 Å². The van der Waals surface area contributed by atoms with Crippen LogP contribution in [0, 0.1) is 0 Å². The minimum atomic E-state index is 0.915. The Hall–Kier alpha value is -6.12. The van der Waals surface area contributed by atoms with Crippen LogP contribution in [0.2, 0.25) is 0 Å². The lowest BCUT2D eigenvalue weighted by molar-refractivity contribution is 1.31. The summed E-state index contributed by atoms with van der Waals surface area (Å²) in [6.45, 7) is 0. The third-order valence-corrected chi connectivity index (χ3v) is 9.10. The number of para-hydroxylation sites is 1. The highest BCUT2D eigenvalue weighted by molar-refractivity contribution is 6.21. The molecule has 0 atom stereocenters. The maximum Gasteiger partial charge on any atom is 0.0718 e. The number of rotatable bonds is 4. The van der Waals surface area contributed by atoms with Gasteiger partial charge in [-0.25, -0.2) is 0 Å². The average molecular weight is 585 g/mol.